The molecule has 0 saturated heterocycles. The lowest BCUT2D eigenvalue weighted by atomic mass is 9.90. The molecule has 0 spiro atoms. The topological polar surface area (TPSA) is 70.7 Å². The quantitative estimate of drug-likeness (QED) is 0.624. The minimum Gasteiger partial charge on any atom is -0.456 e. The molecule has 118 valence electrons. The Morgan fingerprint density at radius 3 is 2.52 bits per heavy atom. The van der Waals surface area contributed by atoms with Crippen LogP contribution in [0.25, 0.3) is 28.0 Å². The molecule has 2 N–H and O–H groups in total. The van der Waals surface area contributed by atoms with Crippen molar-refractivity contribution in [2.45, 2.75) is 26.1 Å². The van der Waals surface area contributed by atoms with Gasteiger partial charge in [0.2, 0.25) is 5.43 Å². The number of hydrogen-bond donors (Lipinski definition) is 2. The summed E-state index contributed by atoms with van der Waals surface area (Å²) in [6.45, 7) is 4.00. The average Bonchev–Trinajstić information content (AvgIpc) is 2.60. The number of benzene rings is 2. The maximum absolute atomic E-state index is 12.7. The third-order valence-corrected chi connectivity index (χ3v) is 3.92. The summed E-state index contributed by atoms with van der Waals surface area (Å²) in [6, 6.07) is 10.4. The predicted molar refractivity (Wildman–Crippen MR) is 91.3 cm³/mol. The maximum Gasteiger partial charge on any atom is 0.201 e. The minimum absolute atomic E-state index is 0.128. The van der Waals surface area contributed by atoms with Crippen LogP contribution in [0.5, 0.6) is 0 Å². The highest BCUT2D eigenvalue weighted by Crippen LogP contribution is 2.33. The van der Waals surface area contributed by atoms with Gasteiger partial charge in [0.1, 0.15) is 23.4 Å². The zero-order chi connectivity index (χ0) is 16.6. The van der Waals surface area contributed by atoms with E-state index in [-0.39, 0.29) is 5.43 Å². The van der Waals surface area contributed by atoms with Crippen LogP contribution in [-0.4, -0.2) is 16.3 Å². The summed E-state index contributed by atoms with van der Waals surface area (Å²) in [5.74, 6) is 0. The molecule has 1 heterocycles. The second-order valence-corrected chi connectivity index (χ2v) is 5.16. The molecule has 1 aliphatic carbocycles. The Morgan fingerprint density at radius 2 is 1.74 bits per heavy atom. The Labute approximate surface area is 133 Å². The van der Waals surface area contributed by atoms with Crippen LogP contribution in [-0.2, 0) is 0 Å². The molecular formula is C19H18O4. The summed E-state index contributed by atoms with van der Waals surface area (Å²) in [4.78, 5) is 12.7. The van der Waals surface area contributed by atoms with Crippen LogP contribution >= 0.6 is 0 Å². The van der Waals surface area contributed by atoms with E-state index in [4.69, 9.17) is 4.42 Å². The van der Waals surface area contributed by atoms with E-state index < -0.39 is 12.2 Å². The van der Waals surface area contributed by atoms with E-state index in [1.807, 2.05) is 19.9 Å². The summed E-state index contributed by atoms with van der Waals surface area (Å²) in [7, 11) is 0. The highest BCUT2D eigenvalue weighted by molar-refractivity contribution is 5.95. The molecule has 2 unspecified atom stereocenters. The summed E-state index contributed by atoms with van der Waals surface area (Å²) in [5.41, 5.74) is 2.04. The highest BCUT2D eigenvalue weighted by atomic mass is 16.3. The van der Waals surface area contributed by atoms with Crippen molar-refractivity contribution >= 4 is 28.0 Å². The van der Waals surface area contributed by atoms with Gasteiger partial charge in [-0.25, -0.2) is 0 Å². The van der Waals surface area contributed by atoms with E-state index in [9.17, 15) is 15.0 Å². The number of aliphatic hydroxyl groups excluding tert-OH is 2. The molecule has 0 radical (unpaired) electrons. The van der Waals surface area contributed by atoms with Crippen LogP contribution in [0, 0.1) is 0 Å². The molecule has 0 fully saturated rings. The van der Waals surface area contributed by atoms with Gasteiger partial charge in [-0.1, -0.05) is 44.2 Å². The first kappa shape index (κ1) is 15.5. The van der Waals surface area contributed by atoms with E-state index in [1.54, 1.807) is 36.4 Å². The van der Waals surface area contributed by atoms with Gasteiger partial charge in [-0.3, -0.25) is 4.79 Å². The molecule has 4 rings (SSSR count). The first-order valence-electron chi connectivity index (χ1n) is 7.69. The van der Waals surface area contributed by atoms with Crippen molar-refractivity contribution in [1.29, 1.82) is 0 Å². The third-order valence-electron chi connectivity index (χ3n) is 3.92. The minimum atomic E-state index is -1.03. The van der Waals surface area contributed by atoms with Gasteiger partial charge in [0, 0.05) is 0 Å². The van der Waals surface area contributed by atoms with Crippen molar-refractivity contribution in [1.82, 2.24) is 0 Å². The molecule has 2 aromatic carbocycles. The SMILES string of the molecule is CC.O=c1c2ccccc2oc2ccc3c(c12)C=CC(O)C3O. The first-order chi connectivity index (χ1) is 11.2. The van der Waals surface area contributed by atoms with E-state index in [2.05, 4.69) is 0 Å². The normalized spacial score (nSPS) is 19.3. The van der Waals surface area contributed by atoms with Gasteiger partial charge in [-0.15, -0.1) is 0 Å². The lowest BCUT2D eigenvalue weighted by molar-refractivity contribution is 0.0471. The molecule has 0 amide bonds. The molecule has 4 heteroatoms. The Hall–Kier alpha value is -2.43. The van der Waals surface area contributed by atoms with Crippen LogP contribution in [0.15, 0.2) is 51.7 Å². The average molecular weight is 310 g/mol. The first-order valence-corrected chi connectivity index (χ1v) is 7.69. The smallest absolute Gasteiger partial charge is 0.201 e. The van der Waals surface area contributed by atoms with Crippen molar-refractivity contribution < 1.29 is 14.6 Å². The van der Waals surface area contributed by atoms with E-state index in [0.29, 0.717) is 33.1 Å². The molecule has 23 heavy (non-hydrogen) atoms. The standard InChI is InChI=1S/C17H12O4.C2H6/c18-12-7-5-9-10(16(12)19)6-8-14-15(9)17(20)11-3-1-2-4-13(11)21-14;1-2/h1-8,12,16,18-19H;1-2H3. The number of hydrogen-bond acceptors (Lipinski definition) is 4. The number of fused-ring (bicyclic) bond motifs is 4. The molecular weight excluding hydrogens is 292 g/mol. The fourth-order valence-electron chi connectivity index (χ4n) is 2.85. The fraction of sp³-hybridized carbons (Fsp3) is 0.211. The highest BCUT2D eigenvalue weighted by Gasteiger charge is 2.25. The molecule has 4 nitrogen and oxygen atoms in total. The number of para-hydroxylation sites is 1. The molecule has 1 aromatic heterocycles. The molecule has 3 aromatic rings. The van der Waals surface area contributed by atoms with E-state index in [0.717, 1.165) is 0 Å². The summed E-state index contributed by atoms with van der Waals surface area (Å²) in [6.07, 6.45) is 1.17. The Bertz CT molecular complexity index is 953. The lowest BCUT2D eigenvalue weighted by Gasteiger charge is -2.22. The largest absolute Gasteiger partial charge is 0.456 e. The van der Waals surface area contributed by atoms with Crippen LogP contribution in [0.1, 0.15) is 31.1 Å². The van der Waals surface area contributed by atoms with Crippen LogP contribution < -0.4 is 5.43 Å². The number of rotatable bonds is 0. The van der Waals surface area contributed by atoms with Crippen molar-refractivity contribution in [3.8, 4) is 0 Å². The molecule has 1 aliphatic rings. The van der Waals surface area contributed by atoms with Crippen LogP contribution in [0.3, 0.4) is 0 Å². The monoisotopic (exact) mass is 310 g/mol. The van der Waals surface area contributed by atoms with Gasteiger partial charge in [0.05, 0.1) is 10.8 Å². The third kappa shape index (κ3) is 2.36. The van der Waals surface area contributed by atoms with E-state index >= 15 is 0 Å². The molecule has 0 saturated carbocycles. The van der Waals surface area contributed by atoms with Crippen molar-refractivity contribution in [2.75, 3.05) is 0 Å². The van der Waals surface area contributed by atoms with Gasteiger partial charge in [0.15, 0.2) is 0 Å². The number of aliphatic hydroxyl groups is 2. The van der Waals surface area contributed by atoms with Crippen LogP contribution in [0.4, 0.5) is 0 Å². The van der Waals surface area contributed by atoms with Gasteiger partial charge in [-0.2, -0.15) is 0 Å². The summed E-state index contributed by atoms with van der Waals surface area (Å²) >= 11 is 0. The van der Waals surface area contributed by atoms with Gasteiger partial charge in [0.25, 0.3) is 0 Å². The zero-order valence-corrected chi connectivity index (χ0v) is 13.0. The lowest BCUT2D eigenvalue weighted by Crippen LogP contribution is -2.20. The fourth-order valence-corrected chi connectivity index (χ4v) is 2.85. The second-order valence-electron chi connectivity index (χ2n) is 5.16. The van der Waals surface area contributed by atoms with Crippen molar-refractivity contribution in [2.24, 2.45) is 0 Å². The van der Waals surface area contributed by atoms with Crippen LogP contribution in [0.2, 0.25) is 0 Å². The second kappa shape index (κ2) is 5.99. The Balaban J connectivity index is 0.000000753. The van der Waals surface area contributed by atoms with Gasteiger partial charge in [-0.05, 0) is 29.3 Å². The zero-order valence-electron chi connectivity index (χ0n) is 13.0. The Kier molecular flexibility index (Phi) is 4.03. The van der Waals surface area contributed by atoms with Crippen molar-refractivity contribution in [3.63, 3.8) is 0 Å². The van der Waals surface area contributed by atoms with Crippen molar-refractivity contribution in [3.05, 3.63) is 63.8 Å². The van der Waals surface area contributed by atoms with E-state index in [1.165, 1.54) is 6.08 Å². The summed E-state index contributed by atoms with van der Waals surface area (Å²) < 4.78 is 5.78. The van der Waals surface area contributed by atoms with Gasteiger partial charge < -0.3 is 14.6 Å². The predicted octanol–water partition coefficient (Wildman–Crippen LogP) is 3.39. The maximum atomic E-state index is 12.7. The summed E-state index contributed by atoms with van der Waals surface area (Å²) in [5, 5.41) is 20.7. The molecule has 0 aliphatic heterocycles. The Morgan fingerprint density at radius 1 is 1.00 bits per heavy atom. The molecule has 2 atom stereocenters. The van der Waals surface area contributed by atoms with Gasteiger partial charge >= 0.3 is 0 Å². The molecule has 0 bridgehead atoms.